The summed E-state index contributed by atoms with van der Waals surface area (Å²) in [6, 6.07) is 0. The number of ether oxygens (including phenoxy) is 1. The van der Waals surface area contributed by atoms with Crippen LogP contribution in [0.4, 0.5) is 0 Å². The lowest BCUT2D eigenvalue weighted by Crippen LogP contribution is -2.47. The SMILES string of the molecule is O=C(O)C1C2C=CC(C(=O)OC(=O)C34C=CC(C3)C(C(=O)O)C4C(=O)O)(C2)C1C(=O)O. The average Bonchev–Trinajstić information content (AvgIpc) is 3.43. The number of hydrogen-bond donors (Lipinski definition) is 4. The van der Waals surface area contributed by atoms with E-state index in [9.17, 15) is 49.2 Å². The molecule has 0 aromatic carbocycles. The molecule has 8 unspecified atom stereocenters. The molecule has 4 rings (SSSR count). The first-order chi connectivity index (χ1) is 14.5. The lowest BCUT2D eigenvalue weighted by molar-refractivity contribution is -0.179. The van der Waals surface area contributed by atoms with Crippen LogP contribution in [0.5, 0.6) is 0 Å². The molecule has 0 aliphatic heterocycles. The maximum Gasteiger partial charge on any atom is 0.324 e. The summed E-state index contributed by atoms with van der Waals surface area (Å²) in [4.78, 5) is 72.8. The molecule has 0 aromatic heterocycles. The van der Waals surface area contributed by atoms with Gasteiger partial charge in [0.25, 0.3) is 0 Å². The van der Waals surface area contributed by atoms with Gasteiger partial charge in [0.2, 0.25) is 0 Å². The summed E-state index contributed by atoms with van der Waals surface area (Å²) in [7, 11) is 0. The van der Waals surface area contributed by atoms with Crippen LogP contribution in [0.25, 0.3) is 0 Å². The topological polar surface area (TPSA) is 193 Å². The molecule has 4 aliphatic carbocycles. The van der Waals surface area contributed by atoms with Crippen LogP contribution in [0.1, 0.15) is 12.8 Å². The molecule has 0 aromatic rings. The Balaban J connectivity index is 1.64. The molecule has 0 heterocycles. The van der Waals surface area contributed by atoms with Crippen molar-refractivity contribution in [2.75, 3.05) is 0 Å². The number of carboxylic acids is 4. The normalized spacial score (nSPS) is 41.3. The Morgan fingerprint density at radius 1 is 0.645 bits per heavy atom. The van der Waals surface area contributed by atoms with Gasteiger partial charge in [-0.05, 0) is 24.7 Å². The number of allylic oxidation sites excluding steroid dienone is 2. The van der Waals surface area contributed by atoms with Crippen molar-refractivity contribution in [3.63, 3.8) is 0 Å². The van der Waals surface area contributed by atoms with E-state index in [0.29, 0.717) is 0 Å². The molecule has 0 radical (unpaired) electrons. The van der Waals surface area contributed by atoms with Gasteiger partial charge in [-0.1, -0.05) is 24.3 Å². The highest BCUT2D eigenvalue weighted by Gasteiger charge is 2.68. The van der Waals surface area contributed by atoms with E-state index < -0.39 is 82.2 Å². The molecule has 4 bridgehead atoms. The van der Waals surface area contributed by atoms with Gasteiger partial charge in [0, 0.05) is 0 Å². The Labute approximate surface area is 174 Å². The minimum absolute atomic E-state index is 0.168. The van der Waals surface area contributed by atoms with E-state index >= 15 is 0 Å². The molecule has 4 N–H and O–H groups in total. The summed E-state index contributed by atoms with van der Waals surface area (Å²) >= 11 is 0. The number of esters is 2. The lowest BCUT2D eigenvalue weighted by atomic mass is 9.72. The summed E-state index contributed by atoms with van der Waals surface area (Å²) in [5.41, 5.74) is -3.76. The van der Waals surface area contributed by atoms with Crippen LogP contribution in [-0.2, 0) is 33.5 Å². The predicted octanol–water partition coefficient (Wildman–Crippen LogP) is 0.0116. The second-order valence-corrected chi connectivity index (χ2v) is 8.57. The molecule has 164 valence electrons. The van der Waals surface area contributed by atoms with Crippen LogP contribution in [0, 0.1) is 46.3 Å². The zero-order valence-corrected chi connectivity index (χ0v) is 15.8. The maximum atomic E-state index is 13.0. The van der Waals surface area contributed by atoms with E-state index in [-0.39, 0.29) is 12.8 Å². The fourth-order valence-electron chi connectivity index (χ4n) is 5.96. The van der Waals surface area contributed by atoms with E-state index in [0.717, 1.165) is 0 Å². The minimum Gasteiger partial charge on any atom is -0.481 e. The van der Waals surface area contributed by atoms with E-state index in [1.54, 1.807) is 0 Å². The quantitative estimate of drug-likeness (QED) is 0.250. The van der Waals surface area contributed by atoms with Crippen molar-refractivity contribution >= 4 is 35.8 Å². The predicted molar refractivity (Wildman–Crippen MR) is 95.0 cm³/mol. The third-order valence-electron chi connectivity index (χ3n) is 7.23. The third kappa shape index (κ3) is 2.58. The molecule has 2 saturated carbocycles. The molecule has 0 saturated heterocycles. The van der Waals surface area contributed by atoms with Gasteiger partial charge in [-0.25, -0.2) is 0 Å². The highest BCUT2D eigenvalue weighted by molar-refractivity contribution is 6.01. The van der Waals surface area contributed by atoms with Crippen molar-refractivity contribution in [1.29, 1.82) is 0 Å². The van der Waals surface area contributed by atoms with E-state index in [1.807, 2.05) is 0 Å². The van der Waals surface area contributed by atoms with Gasteiger partial charge in [-0.3, -0.25) is 28.8 Å². The monoisotopic (exact) mass is 434 g/mol. The molecular formula is C20H18O11. The van der Waals surface area contributed by atoms with Crippen molar-refractivity contribution in [3.8, 4) is 0 Å². The first-order valence-electron chi connectivity index (χ1n) is 9.53. The highest BCUT2D eigenvalue weighted by Crippen LogP contribution is 2.60. The highest BCUT2D eigenvalue weighted by atomic mass is 16.6. The third-order valence-corrected chi connectivity index (χ3v) is 7.23. The molecule has 8 atom stereocenters. The number of fused-ring (bicyclic) bond motifs is 4. The lowest BCUT2D eigenvalue weighted by Gasteiger charge is -2.32. The second kappa shape index (κ2) is 6.50. The molecule has 11 heteroatoms. The standard InChI is InChI=1S/C20H18O11/c21-13(22)9-7-1-3-19(5-7,11(9)15(25)26)17(29)31-18(30)20-4-2-8(6-20)10(14(23)24)12(20)16(27)28/h1-4,7-12H,5-6H2,(H,21,22)(H,23,24)(H,25,26)(H,27,28). The van der Waals surface area contributed by atoms with E-state index in [1.165, 1.54) is 24.3 Å². The number of aliphatic carboxylic acids is 4. The Morgan fingerprint density at radius 3 is 1.29 bits per heavy atom. The maximum absolute atomic E-state index is 13.0. The number of carboxylic acid groups (broad SMARTS) is 4. The average molecular weight is 434 g/mol. The van der Waals surface area contributed by atoms with Crippen LogP contribution in [0.3, 0.4) is 0 Å². The van der Waals surface area contributed by atoms with E-state index in [2.05, 4.69) is 0 Å². The molecular weight excluding hydrogens is 416 g/mol. The minimum atomic E-state index is -1.88. The second-order valence-electron chi connectivity index (χ2n) is 8.57. The van der Waals surface area contributed by atoms with Crippen LogP contribution in [0.2, 0.25) is 0 Å². The first kappa shape index (κ1) is 20.8. The molecule has 11 nitrogen and oxygen atoms in total. The summed E-state index contributed by atoms with van der Waals surface area (Å²) < 4.78 is 4.98. The smallest absolute Gasteiger partial charge is 0.324 e. The van der Waals surface area contributed by atoms with Crippen molar-refractivity contribution in [1.82, 2.24) is 0 Å². The summed E-state index contributed by atoms with van der Waals surface area (Å²) in [5, 5.41) is 38.0. The van der Waals surface area contributed by atoms with Gasteiger partial charge in [0.05, 0.1) is 23.7 Å². The first-order valence-corrected chi connectivity index (χ1v) is 9.53. The molecule has 0 amide bonds. The van der Waals surface area contributed by atoms with Crippen LogP contribution in [0.15, 0.2) is 24.3 Å². The fourth-order valence-corrected chi connectivity index (χ4v) is 5.96. The number of rotatable bonds is 6. The molecule has 0 spiro atoms. The van der Waals surface area contributed by atoms with Crippen molar-refractivity contribution < 1.29 is 53.9 Å². The molecule has 31 heavy (non-hydrogen) atoms. The Bertz CT molecular complexity index is 915. The van der Waals surface area contributed by atoms with Crippen LogP contribution >= 0.6 is 0 Å². The zero-order valence-electron chi connectivity index (χ0n) is 15.8. The Morgan fingerprint density at radius 2 is 1.00 bits per heavy atom. The van der Waals surface area contributed by atoms with Crippen molar-refractivity contribution in [3.05, 3.63) is 24.3 Å². The number of hydrogen-bond acceptors (Lipinski definition) is 7. The van der Waals surface area contributed by atoms with Crippen LogP contribution in [-0.4, -0.2) is 56.2 Å². The van der Waals surface area contributed by atoms with Crippen LogP contribution < -0.4 is 0 Å². The van der Waals surface area contributed by atoms with Gasteiger partial charge >= 0.3 is 35.8 Å². The van der Waals surface area contributed by atoms with Crippen molar-refractivity contribution in [2.24, 2.45) is 46.3 Å². The zero-order chi connectivity index (χ0) is 22.9. The van der Waals surface area contributed by atoms with Gasteiger partial charge in [-0.15, -0.1) is 0 Å². The Kier molecular flexibility index (Phi) is 4.35. The van der Waals surface area contributed by atoms with Gasteiger partial charge < -0.3 is 25.2 Å². The van der Waals surface area contributed by atoms with E-state index in [4.69, 9.17) is 4.74 Å². The fraction of sp³-hybridized carbons (Fsp3) is 0.500. The summed E-state index contributed by atoms with van der Waals surface area (Å²) in [5.74, 6) is -15.9. The molecule has 2 fully saturated rings. The van der Waals surface area contributed by atoms with Crippen molar-refractivity contribution in [2.45, 2.75) is 12.8 Å². The molecule has 4 aliphatic rings. The van der Waals surface area contributed by atoms with Gasteiger partial charge in [-0.2, -0.15) is 0 Å². The summed E-state index contributed by atoms with van der Waals surface area (Å²) in [6.07, 6.45) is 4.95. The van der Waals surface area contributed by atoms with Gasteiger partial charge in [0.1, 0.15) is 10.8 Å². The van der Waals surface area contributed by atoms with Gasteiger partial charge in [0.15, 0.2) is 0 Å². The Hall–Kier alpha value is -3.50. The number of carbonyl (C=O) groups excluding carboxylic acids is 2. The number of carbonyl (C=O) groups is 6. The summed E-state index contributed by atoms with van der Waals surface area (Å²) in [6.45, 7) is 0. The largest absolute Gasteiger partial charge is 0.481 e.